The van der Waals surface area contributed by atoms with Crippen LogP contribution >= 0.6 is 23.2 Å². The zero-order chi connectivity index (χ0) is 18.4. The lowest BCUT2D eigenvalue weighted by atomic mass is 9.99. The predicted octanol–water partition coefficient (Wildman–Crippen LogP) is 3.94. The van der Waals surface area contributed by atoms with Crippen LogP contribution in [0.25, 0.3) is 0 Å². The van der Waals surface area contributed by atoms with E-state index in [-0.39, 0.29) is 26.4 Å². The van der Waals surface area contributed by atoms with Crippen LogP contribution in [0.5, 0.6) is 11.5 Å². The first-order valence-electron chi connectivity index (χ1n) is 8.01. The summed E-state index contributed by atoms with van der Waals surface area (Å²) in [5.41, 5.74) is 3.56. The van der Waals surface area contributed by atoms with Crippen LogP contribution < -0.4 is 9.47 Å². The molecule has 2 N–H and O–H groups in total. The van der Waals surface area contributed by atoms with Crippen LogP contribution in [0.15, 0.2) is 24.3 Å². The van der Waals surface area contributed by atoms with E-state index in [1.807, 2.05) is 38.1 Å². The molecule has 4 nitrogen and oxygen atoms in total. The standard InChI is InChI=1S/C19H22Cl2O4/c1-12-7-16(20)10-14(18(12)24-5-3-22)9-15-11-17(21)8-13(2)19(15)25-6-4-23/h7-8,10-11,22-23H,3-6,9H2,1-2H3. The Morgan fingerprint density at radius 2 is 1.16 bits per heavy atom. The van der Waals surface area contributed by atoms with Crippen molar-refractivity contribution < 1.29 is 19.7 Å². The summed E-state index contributed by atoms with van der Waals surface area (Å²) < 4.78 is 11.4. The Kier molecular flexibility index (Phi) is 7.38. The summed E-state index contributed by atoms with van der Waals surface area (Å²) in [6.45, 7) is 4.10. The highest BCUT2D eigenvalue weighted by Crippen LogP contribution is 2.34. The lowest BCUT2D eigenvalue weighted by Crippen LogP contribution is -2.08. The zero-order valence-corrected chi connectivity index (χ0v) is 15.8. The first-order valence-corrected chi connectivity index (χ1v) is 8.77. The molecule has 2 aromatic rings. The Bertz CT molecular complexity index is 670. The molecule has 0 unspecified atom stereocenters. The molecule has 0 fully saturated rings. The van der Waals surface area contributed by atoms with Crippen molar-refractivity contribution >= 4 is 23.2 Å². The summed E-state index contributed by atoms with van der Waals surface area (Å²) in [5, 5.41) is 19.3. The zero-order valence-electron chi connectivity index (χ0n) is 14.3. The number of benzene rings is 2. The van der Waals surface area contributed by atoms with Crippen molar-refractivity contribution in [3.8, 4) is 11.5 Å². The number of rotatable bonds is 8. The fourth-order valence-electron chi connectivity index (χ4n) is 2.77. The molecule has 0 amide bonds. The average Bonchev–Trinajstić information content (AvgIpc) is 2.53. The Balaban J connectivity index is 2.45. The fourth-order valence-corrected chi connectivity index (χ4v) is 3.37. The molecule has 0 spiro atoms. The Morgan fingerprint density at radius 3 is 1.52 bits per heavy atom. The molecule has 0 heterocycles. The summed E-state index contributed by atoms with van der Waals surface area (Å²) in [4.78, 5) is 0. The van der Waals surface area contributed by atoms with Gasteiger partial charge in [0.25, 0.3) is 0 Å². The smallest absolute Gasteiger partial charge is 0.125 e. The van der Waals surface area contributed by atoms with Crippen LogP contribution in [0, 0.1) is 13.8 Å². The molecule has 0 aliphatic carbocycles. The summed E-state index contributed by atoms with van der Waals surface area (Å²) in [5.74, 6) is 1.40. The molecule has 0 atom stereocenters. The van der Waals surface area contributed by atoms with Crippen LogP contribution in [0.3, 0.4) is 0 Å². The average molecular weight is 385 g/mol. The summed E-state index contributed by atoms with van der Waals surface area (Å²) in [6, 6.07) is 7.33. The van der Waals surface area contributed by atoms with Gasteiger partial charge in [-0.05, 0) is 49.2 Å². The van der Waals surface area contributed by atoms with Crippen molar-refractivity contribution in [1.29, 1.82) is 0 Å². The van der Waals surface area contributed by atoms with Crippen LogP contribution in [0.2, 0.25) is 10.0 Å². The van der Waals surface area contributed by atoms with E-state index in [4.69, 9.17) is 42.9 Å². The van der Waals surface area contributed by atoms with Gasteiger partial charge in [0.2, 0.25) is 0 Å². The maximum Gasteiger partial charge on any atom is 0.125 e. The van der Waals surface area contributed by atoms with E-state index in [9.17, 15) is 0 Å². The maximum absolute atomic E-state index is 9.06. The first kappa shape index (κ1) is 19.9. The minimum absolute atomic E-state index is 0.0668. The van der Waals surface area contributed by atoms with Gasteiger partial charge in [-0.25, -0.2) is 0 Å². The number of aryl methyl sites for hydroxylation is 2. The summed E-state index contributed by atoms with van der Waals surface area (Å²) in [6.07, 6.45) is 0.504. The largest absolute Gasteiger partial charge is 0.491 e. The van der Waals surface area contributed by atoms with Gasteiger partial charge < -0.3 is 19.7 Å². The lowest BCUT2D eigenvalue weighted by Gasteiger charge is -2.18. The molecule has 0 saturated heterocycles. The Labute approximate surface area is 157 Å². The third-order valence-electron chi connectivity index (χ3n) is 3.69. The van der Waals surface area contributed by atoms with Crippen molar-refractivity contribution in [1.82, 2.24) is 0 Å². The highest BCUT2D eigenvalue weighted by Gasteiger charge is 2.15. The molecule has 0 aliphatic heterocycles. The normalized spacial score (nSPS) is 10.8. The number of hydrogen-bond acceptors (Lipinski definition) is 4. The number of ether oxygens (including phenoxy) is 2. The number of hydrogen-bond donors (Lipinski definition) is 2. The third-order valence-corrected chi connectivity index (χ3v) is 4.13. The van der Waals surface area contributed by atoms with Crippen molar-refractivity contribution in [2.75, 3.05) is 26.4 Å². The first-order chi connectivity index (χ1) is 12.0. The summed E-state index contributed by atoms with van der Waals surface area (Å²) in [7, 11) is 0. The predicted molar refractivity (Wildman–Crippen MR) is 100 cm³/mol. The quantitative estimate of drug-likeness (QED) is 0.723. The van der Waals surface area contributed by atoms with Crippen molar-refractivity contribution in [2.24, 2.45) is 0 Å². The second kappa shape index (κ2) is 9.30. The molecule has 2 rings (SSSR count). The Morgan fingerprint density at radius 1 is 0.760 bits per heavy atom. The molecule has 0 aromatic heterocycles. The van der Waals surface area contributed by atoms with Crippen molar-refractivity contribution in [2.45, 2.75) is 20.3 Å². The van der Waals surface area contributed by atoms with Gasteiger partial charge in [0, 0.05) is 27.6 Å². The molecule has 0 radical (unpaired) electrons. The minimum atomic E-state index is -0.0668. The van der Waals surface area contributed by atoms with Crippen molar-refractivity contribution in [3.63, 3.8) is 0 Å². The van der Waals surface area contributed by atoms with Crippen LogP contribution in [-0.2, 0) is 6.42 Å². The highest BCUT2D eigenvalue weighted by atomic mass is 35.5. The molecule has 0 saturated carbocycles. The lowest BCUT2D eigenvalue weighted by molar-refractivity contribution is 0.198. The van der Waals surface area contributed by atoms with E-state index in [1.165, 1.54) is 0 Å². The van der Waals surface area contributed by atoms with Gasteiger partial charge in [0.05, 0.1) is 13.2 Å². The molecule has 25 heavy (non-hydrogen) atoms. The van der Waals surface area contributed by atoms with E-state index >= 15 is 0 Å². The Hall–Kier alpha value is -1.46. The fraction of sp³-hybridized carbons (Fsp3) is 0.368. The van der Waals surface area contributed by atoms with E-state index < -0.39 is 0 Å². The van der Waals surface area contributed by atoms with E-state index in [2.05, 4.69) is 0 Å². The number of halogens is 2. The van der Waals surface area contributed by atoms with E-state index in [1.54, 1.807) is 0 Å². The van der Waals surface area contributed by atoms with E-state index in [0.717, 1.165) is 22.3 Å². The molecular formula is C19H22Cl2O4. The summed E-state index contributed by atoms with van der Waals surface area (Å²) >= 11 is 12.4. The van der Waals surface area contributed by atoms with Gasteiger partial charge in [-0.2, -0.15) is 0 Å². The van der Waals surface area contributed by atoms with Crippen molar-refractivity contribution in [3.05, 3.63) is 56.6 Å². The van der Waals surface area contributed by atoms with Gasteiger partial charge in [-0.3, -0.25) is 0 Å². The monoisotopic (exact) mass is 384 g/mol. The van der Waals surface area contributed by atoms with Gasteiger partial charge in [-0.1, -0.05) is 23.2 Å². The van der Waals surface area contributed by atoms with Crippen LogP contribution in [0.1, 0.15) is 22.3 Å². The molecule has 2 aromatic carbocycles. The number of aliphatic hydroxyl groups is 2. The van der Waals surface area contributed by atoms with Gasteiger partial charge in [-0.15, -0.1) is 0 Å². The third kappa shape index (κ3) is 5.25. The van der Waals surface area contributed by atoms with Gasteiger partial charge >= 0.3 is 0 Å². The second-order valence-electron chi connectivity index (χ2n) is 5.74. The number of aliphatic hydroxyl groups excluding tert-OH is 2. The van der Waals surface area contributed by atoms with Crippen LogP contribution in [0.4, 0.5) is 0 Å². The van der Waals surface area contributed by atoms with E-state index in [0.29, 0.717) is 28.0 Å². The highest BCUT2D eigenvalue weighted by molar-refractivity contribution is 6.31. The topological polar surface area (TPSA) is 58.9 Å². The molecule has 6 heteroatoms. The molecule has 0 bridgehead atoms. The second-order valence-corrected chi connectivity index (χ2v) is 6.62. The minimum Gasteiger partial charge on any atom is -0.491 e. The SMILES string of the molecule is Cc1cc(Cl)cc(Cc2cc(Cl)cc(C)c2OCCO)c1OCCO. The van der Waals surface area contributed by atoms with Crippen LogP contribution in [-0.4, -0.2) is 36.6 Å². The maximum atomic E-state index is 9.06. The van der Waals surface area contributed by atoms with Gasteiger partial charge in [0.1, 0.15) is 24.7 Å². The van der Waals surface area contributed by atoms with Gasteiger partial charge in [0.15, 0.2) is 0 Å². The molecule has 0 aliphatic rings. The molecule has 136 valence electrons. The molecular weight excluding hydrogens is 363 g/mol.